The van der Waals surface area contributed by atoms with Crippen molar-refractivity contribution in [2.45, 2.75) is 19.3 Å². The molecule has 0 spiro atoms. The van der Waals surface area contributed by atoms with Crippen molar-refractivity contribution < 1.29 is 14.6 Å². The summed E-state index contributed by atoms with van der Waals surface area (Å²) in [6.45, 7) is 1.37. The summed E-state index contributed by atoms with van der Waals surface area (Å²) < 4.78 is 5.88. The Morgan fingerprint density at radius 2 is 1.83 bits per heavy atom. The van der Waals surface area contributed by atoms with Gasteiger partial charge in [-0.25, -0.2) is 10.0 Å². The molecule has 156 valence electrons. The molecule has 1 saturated heterocycles. The molecule has 2 heterocycles. The third-order valence-electron chi connectivity index (χ3n) is 4.88. The van der Waals surface area contributed by atoms with Crippen molar-refractivity contribution in [3.8, 4) is 17.2 Å². The summed E-state index contributed by atoms with van der Waals surface area (Å²) in [4.78, 5) is 18.6. The molecule has 9 heteroatoms. The Morgan fingerprint density at radius 3 is 2.50 bits per heavy atom. The lowest BCUT2D eigenvalue weighted by Crippen LogP contribution is -2.35. The van der Waals surface area contributed by atoms with Crippen molar-refractivity contribution in [3.63, 3.8) is 0 Å². The van der Waals surface area contributed by atoms with Gasteiger partial charge in [0, 0.05) is 25.5 Å². The lowest BCUT2D eigenvalue weighted by atomic mass is 10.1. The van der Waals surface area contributed by atoms with Gasteiger partial charge in [0.15, 0.2) is 5.75 Å². The van der Waals surface area contributed by atoms with Crippen LogP contribution in [0.3, 0.4) is 0 Å². The van der Waals surface area contributed by atoms with Gasteiger partial charge < -0.3 is 14.7 Å². The molecule has 0 radical (unpaired) electrons. The van der Waals surface area contributed by atoms with Crippen LogP contribution in [0.4, 0.5) is 5.69 Å². The van der Waals surface area contributed by atoms with E-state index < -0.39 is 0 Å². The Balaban J connectivity index is 1.57. The van der Waals surface area contributed by atoms with Crippen LogP contribution in [0.5, 0.6) is 17.2 Å². The third-order valence-corrected chi connectivity index (χ3v) is 5.44. The largest absolute Gasteiger partial charge is 0.507 e. The van der Waals surface area contributed by atoms with E-state index in [0.29, 0.717) is 34.6 Å². The molecule has 0 aromatic heterocycles. The zero-order valence-electron chi connectivity index (χ0n) is 16.0. The van der Waals surface area contributed by atoms with Gasteiger partial charge in [-0.3, -0.25) is 10.2 Å². The summed E-state index contributed by atoms with van der Waals surface area (Å²) in [7, 11) is 0. The van der Waals surface area contributed by atoms with Crippen molar-refractivity contribution >= 4 is 41.1 Å². The molecule has 30 heavy (non-hydrogen) atoms. The number of carbonyl (C=O) groups excluding carboxylic acids is 1. The van der Waals surface area contributed by atoms with E-state index in [1.807, 2.05) is 0 Å². The monoisotopic (exact) mass is 446 g/mol. The van der Waals surface area contributed by atoms with Gasteiger partial charge in [0.25, 0.3) is 5.91 Å². The third kappa shape index (κ3) is 4.32. The maximum Gasteiger partial charge on any atom is 0.257 e. The molecule has 2 aliphatic rings. The zero-order chi connectivity index (χ0) is 21.1. The van der Waals surface area contributed by atoms with Crippen molar-refractivity contribution in [2.75, 3.05) is 18.1 Å². The van der Waals surface area contributed by atoms with Crippen molar-refractivity contribution in [1.82, 2.24) is 10.3 Å². The van der Waals surface area contributed by atoms with Crippen LogP contribution in [0.25, 0.3) is 0 Å². The fourth-order valence-corrected chi connectivity index (χ4v) is 3.91. The molecule has 0 saturated carbocycles. The molecule has 1 amide bonds. The number of hydrogen-bond acceptors (Lipinski definition) is 6. The highest BCUT2D eigenvalue weighted by Gasteiger charge is 2.22. The quantitative estimate of drug-likeness (QED) is 0.694. The number of halogens is 2. The Hall–Kier alpha value is -2.90. The summed E-state index contributed by atoms with van der Waals surface area (Å²) >= 11 is 12.8. The molecule has 2 aliphatic heterocycles. The average molecular weight is 447 g/mol. The molecule has 1 fully saturated rings. The molecule has 4 rings (SSSR count). The van der Waals surface area contributed by atoms with Crippen LogP contribution in [0.1, 0.15) is 29.6 Å². The van der Waals surface area contributed by atoms with Gasteiger partial charge in [0.2, 0.25) is 0 Å². The van der Waals surface area contributed by atoms with Gasteiger partial charge in [-0.05, 0) is 49.6 Å². The second-order valence-corrected chi connectivity index (χ2v) is 7.77. The highest BCUT2D eigenvalue weighted by molar-refractivity contribution is 6.37. The number of phenolic OH excluding ortho intramolecular Hbond substituents is 1. The van der Waals surface area contributed by atoms with E-state index in [1.165, 1.54) is 12.1 Å². The molecule has 2 N–H and O–H groups in total. The van der Waals surface area contributed by atoms with E-state index in [0.717, 1.165) is 19.3 Å². The predicted octanol–water partition coefficient (Wildman–Crippen LogP) is 4.94. The van der Waals surface area contributed by atoms with Crippen LogP contribution in [0, 0.1) is 0 Å². The van der Waals surface area contributed by atoms with Crippen LogP contribution in [-0.4, -0.2) is 35.3 Å². The number of nitrogens with one attached hydrogen (secondary N) is 1. The number of hydrazine groups is 1. The molecule has 0 bridgehead atoms. The van der Waals surface area contributed by atoms with Crippen LogP contribution in [0.15, 0.2) is 47.7 Å². The number of anilines is 1. The number of carbonyl (C=O) groups is 1. The van der Waals surface area contributed by atoms with Crippen LogP contribution >= 0.6 is 23.2 Å². The maximum atomic E-state index is 12.8. The maximum absolute atomic E-state index is 12.8. The number of aromatic hydroxyl groups is 1. The van der Waals surface area contributed by atoms with Gasteiger partial charge in [0.1, 0.15) is 17.8 Å². The first kappa shape index (κ1) is 20.4. The van der Waals surface area contributed by atoms with Crippen molar-refractivity contribution in [2.24, 2.45) is 4.99 Å². The molecule has 7 nitrogen and oxygen atoms in total. The van der Waals surface area contributed by atoms with Gasteiger partial charge in [-0.1, -0.05) is 23.2 Å². The van der Waals surface area contributed by atoms with Gasteiger partial charge >= 0.3 is 0 Å². The zero-order valence-corrected chi connectivity index (χ0v) is 17.5. The summed E-state index contributed by atoms with van der Waals surface area (Å²) in [5.41, 5.74) is 3.86. The number of phenols is 1. The molecular formula is C21H20Cl2N4O3. The topological polar surface area (TPSA) is 77.4 Å². The standard InChI is InChI=1S/C21H20Cl2N4O3/c22-17-10-14(27-13-24-6-7-25-27)11-18(23)20(17)30-15-4-5-19(28)16(12-15)21(29)26-8-2-1-3-9-26/h4-7,10-13,25,28H,1-3,8-9H2. The van der Waals surface area contributed by atoms with Gasteiger partial charge in [0.05, 0.1) is 21.3 Å². The summed E-state index contributed by atoms with van der Waals surface area (Å²) in [6, 6.07) is 7.87. The van der Waals surface area contributed by atoms with Gasteiger partial charge in [-0.15, -0.1) is 0 Å². The van der Waals surface area contributed by atoms with Crippen LogP contribution in [-0.2, 0) is 0 Å². The fourth-order valence-electron chi connectivity index (χ4n) is 3.35. The van der Waals surface area contributed by atoms with E-state index >= 15 is 0 Å². The van der Waals surface area contributed by atoms with E-state index in [9.17, 15) is 9.90 Å². The van der Waals surface area contributed by atoms with Crippen molar-refractivity contribution in [1.29, 1.82) is 0 Å². The number of nitrogens with zero attached hydrogens (tertiary/aromatic N) is 3. The number of hydrogen-bond donors (Lipinski definition) is 2. The van der Waals surface area contributed by atoms with E-state index in [-0.39, 0.29) is 23.0 Å². The number of aliphatic imine (C=N–C) groups is 1. The summed E-state index contributed by atoms with van der Waals surface area (Å²) in [5.74, 6) is 0.307. The molecule has 0 atom stereocenters. The lowest BCUT2D eigenvalue weighted by Gasteiger charge is -2.27. The van der Waals surface area contributed by atoms with Crippen LogP contribution in [0.2, 0.25) is 10.0 Å². The Morgan fingerprint density at radius 1 is 1.10 bits per heavy atom. The fraction of sp³-hybridized carbons (Fsp3) is 0.238. The van der Waals surface area contributed by atoms with E-state index in [1.54, 1.807) is 46.8 Å². The minimum Gasteiger partial charge on any atom is -0.507 e. The Labute approximate surface area is 184 Å². The number of likely N-dealkylation sites (tertiary alicyclic amines) is 1. The number of benzene rings is 2. The number of rotatable bonds is 4. The van der Waals surface area contributed by atoms with Gasteiger partial charge in [-0.2, -0.15) is 0 Å². The summed E-state index contributed by atoms with van der Waals surface area (Å²) in [5, 5.41) is 12.4. The molecule has 2 aromatic rings. The minimum absolute atomic E-state index is 0.0889. The lowest BCUT2D eigenvalue weighted by molar-refractivity contribution is 0.0721. The summed E-state index contributed by atoms with van der Waals surface area (Å²) in [6.07, 6.45) is 7.91. The first-order valence-corrected chi connectivity index (χ1v) is 10.3. The average Bonchev–Trinajstić information content (AvgIpc) is 2.78. The molecule has 0 unspecified atom stereocenters. The smallest absolute Gasteiger partial charge is 0.257 e. The first-order chi connectivity index (χ1) is 14.5. The molecule has 2 aromatic carbocycles. The van der Waals surface area contributed by atoms with Crippen molar-refractivity contribution in [3.05, 3.63) is 58.3 Å². The normalized spacial score (nSPS) is 15.8. The second-order valence-electron chi connectivity index (χ2n) is 6.95. The Kier molecular flexibility index (Phi) is 6.01. The molecule has 0 aliphatic carbocycles. The first-order valence-electron chi connectivity index (χ1n) is 9.56. The van der Waals surface area contributed by atoms with E-state index in [4.69, 9.17) is 27.9 Å². The number of ether oxygens (including phenoxy) is 1. The highest BCUT2D eigenvalue weighted by atomic mass is 35.5. The molecular weight excluding hydrogens is 427 g/mol. The number of amides is 1. The van der Waals surface area contributed by atoms with Crippen LogP contribution < -0.4 is 15.2 Å². The predicted molar refractivity (Wildman–Crippen MR) is 118 cm³/mol. The van der Waals surface area contributed by atoms with E-state index in [2.05, 4.69) is 10.4 Å². The highest BCUT2D eigenvalue weighted by Crippen LogP contribution is 2.40. The minimum atomic E-state index is -0.214. The SMILES string of the molecule is O=C(c1cc(Oc2c(Cl)cc(N3C=NC=CN3)cc2Cl)ccc1O)N1CCCCC1. The number of piperidine rings is 1. The second kappa shape index (κ2) is 8.85. The Bertz CT molecular complexity index is 996.